The van der Waals surface area contributed by atoms with Crippen LogP contribution in [-0.2, 0) is 10.5 Å². The Morgan fingerprint density at radius 1 is 1.10 bits per heavy atom. The van der Waals surface area contributed by atoms with Crippen molar-refractivity contribution in [3.8, 4) is 0 Å². The molecule has 0 saturated carbocycles. The van der Waals surface area contributed by atoms with Crippen LogP contribution in [0, 0.1) is 6.92 Å². The van der Waals surface area contributed by atoms with Crippen LogP contribution in [0.4, 0.5) is 5.69 Å². The van der Waals surface area contributed by atoms with Crippen molar-refractivity contribution in [2.75, 3.05) is 11.2 Å². The number of carbonyl (C=O) groups excluding carboxylic acids is 1. The molecule has 2 N–H and O–H groups in total. The number of hydrogen-bond donors (Lipinski definition) is 2. The smallest absolute Gasteiger partial charge is 0.248 e. The van der Waals surface area contributed by atoms with Crippen LogP contribution in [0.5, 0.6) is 0 Å². The fraction of sp³-hybridized carbons (Fsp3) is 0.188. The first-order chi connectivity index (χ1) is 9.74. The second-order valence-corrected chi connectivity index (χ2v) is 5.51. The zero-order valence-corrected chi connectivity index (χ0v) is 12.2. The maximum Gasteiger partial charge on any atom is 0.248 e. The van der Waals surface area contributed by atoms with Gasteiger partial charge in [-0.25, -0.2) is 0 Å². The Balaban J connectivity index is 1.68. The molecule has 0 spiro atoms. The highest BCUT2D eigenvalue weighted by Gasteiger charge is 2.01. The molecule has 2 rings (SSSR count). The van der Waals surface area contributed by atoms with Gasteiger partial charge in [0.1, 0.15) is 0 Å². The van der Waals surface area contributed by atoms with Gasteiger partial charge in [0.15, 0.2) is 0 Å². The molecule has 2 aromatic carbocycles. The monoisotopic (exact) mass is 286 g/mol. The molecule has 0 atom stereocenters. The summed E-state index contributed by atoms with van der Waals surface area (Å²) >= 11 is 1.61. The standard InChI is InChI=1S/C16H18N2OS/c1-13-6-5-7-14(10-13)11-20-12-16(19)18-17-15-8-3-2-4-9-15/h2-10,17H,11-12H2,1H3,(H,18,19). The van der Waals surface area contributed by atoms with Crippen LogP contribution in [0.3, 0.4) is 0 Å². The van der Waals surface area contributed by atoms with Crippen molar-refractivity contribution in [3.05, 3.63) is 65.7 Å². The van der Waals surface area contributed by atoms with E-state index >= 15 is 0 Å². The molecule has 4 heteroatoms. The SMILES string of the molecule is Cc1cccc(CSCC(=O)NNc2ccccc2)c1. The van der Waals surface area contributed by atoms with Gasteiger partial charge in [-0.3, -0.25) is 15.6 Å². The maximum atomic E-state index is 11.7. The van der Waals surface area contributed by atoms with Crippen molar-refractivity contribution >= 4 is 23.4 Å². The number of rotatable bonds is 6. The van der Waals surface area contributed by atoms with E-state index in [1.165, 1.54) is 11.1 Å². The number of hydrogen-bond acceptors (Lipinski definition) is 3. The molecule has 1 amide bonds. The summed E-state index contributed by atoms with van der Waals surface area (Å²) in [4.78, 5) is 11.7. The Bertz CT molecular complexity index is 557. The second kappa shape index (κ2) is 7.60. The van der Waals surface area contributed by atoms with Crippen LogP contribution in [0.1, 0.15) is 11.1 Å². The van der Waals surface area contributed by atoms with Gasteiger partial charge in [-0.05, 0) is 24.6 Å². The van der Waals surface area contributed by atoms with E-state index in [0.29, 0.717) is 5.75 Å². The molecule has 0 bridgehead atoms. The van der Waals surface area contributed by atoms with E-state index in [9.17, 15) is 4.79 Å². The van der Waals surface area contributed by atoms with Gasteiger partial charge in [0, 0.05) is 5.75 Å². The first-order valence-electron chi connectivity index (χ1n) is 6.47. The quantitative estimate of drug-likeness (QED) is 0.800. The summed E-state index contributed by atoms with van der Waals surface area (Å²) in [5.74, 6) is 1.26. The summed E-state index contributed by atoms with van der Waals surface area (Å²) in [6, 6.07) is 17.9. The van der Waals surface area contributed by atoms with E-state index in [4.69, 9.17) is 0 Å². The molecule has 104 valence electrons. The van der Waals surface area contributed by atoms with E-state index in [1.54, 1.807) is 11.8 Å². The molecule has 0 heterocycles. The third-order valence-electron chi connectivity index (χ3n) is 2.70. The van der Waals surface area contributed by atoms with Gasteiger partial charge in [-0.1, -0.05) is 48.0 Å². The Labute approximate surface area is 123 Å². The van der Waals surface area contributed by atoms with Gasteiger partial charge in [0.05, 0.1) is 11.4 Å². The molecule has 0 aromatic heterocycles. The molecule has 20 heavy (non-hydrogen) atoms. The number of anilines is 1. The number of thioether (sulfide) groups is 1. The minimum Gasteiger partial charge on any atom is -0.299 e. The van der Waals surface area contributed by atoms with Crippen molar-refractivity contribution in [1.29, 1.82) is 0 Å². The Kier molecular flexibility index (Phi) is 5.50. The third-order valence-corrected chi connectivity index (χ3v) is 3.71. The van der Waals surface area contributed by atoms with E-state index < -0.39 is 0 Å². The highest BCUT2D eigenvalue weighted by atomic mass is 32.2. The van der Waals surface area contributed by atoms with Gasteiger partial charge < -0.3 is 0 Å². The molecular formula is C16H18N2OS. The molecule has 0 radical (unpaired) electrons. The minimum atomic E-state index is -0.0218. The molecule has 0 aliphatic heterocycles. The normalized spacial score (nSPS) is 10.1. The maximum absolute atomic E-state index is 11.7. The molecule has 0 unspecified atom stereocenters. The average Bonchev–Trinajstić information content (AvgIpc) is 2.46. The summed E-state index contributed by atoms with van der Waals surface area (Å²) in [5.41, 5.74) is 8.95. The van der Waals surface area contributed by atoms with Crippen molar-refractivity contribution < 1.29 is 4.79 Å². The van der Waals surface area contributed by atoms with Crippen LogP contribution < -0.4 is 10.9 Å². The topological polar surface area (TPSA) is 41.1 Å². The van der Waals surface area contributed by atoms with Crippen LogP contribution in [0.25, 0.3) is 0 Å². The average molecular weight is 286 g/mol. The van der Waals surface area contributed by atoms with Crippen molar-refractivity contribution in [3.63, 3.8) is 0 Å². The van der Waals surface area contributed by atoms with Gasteiger partial charge >= 0.3 is 0 Å². The lowest BCUT2D eigenvalue weighted by Gasteiger charge is -2.08. The first-order valence-corrected chi connectivity index (χ1v) is 7.63. The predicted molar refractivity (Wildman–Crippen MR) is 85.5 cm³/mol. The van der Waals surface area contributed by atoms with Crippen LogP contribution in [0.2, 0.25) is 0 Å². The zero-order chi connectivity index (χ0) is 14.2. The van der Waals surface area contributed by atoms with Gasteiger partial charge in [0.2, 0.25) is 5.91 Å². The molecule has 0 aliphatic carbocycles. The van der Waals surface area contributed by atoms with Crippen molar-refractivity contribution in [1.82, 2.24) is 5.43 Å². The summed E-state index contributed by atoms with van der Waals surface area (Å²) in [5, 5.41) is 0. The zero-order valence-electron chi connectivity index (χ0n) is 11.4. The number of amides is 1. The van der Waals surface area contributed by atoms with Crippen molar-refractivity contribution in [2.24, 2.45) is 0 Å². The van der Waals surface area contributed by atoms with Crippen LogP contribution in [0.15, 0.2) is 54.6 Å². The van der Waals surface area contributed by atoms with Crippen LogP contribution >= 0.6 is 11.8 Å². The Morgan fingerprint density at radius 2 is 1.90 bits per heavy atom. The number of para-hydroxylation sites is 1. The molecular weight excluding hydrogens is 268 g/mol. The van der Waals surface area contributed by atoms with E-state index in [2.05, 4.69) is 36.0 Å². The van der Waals surface area contributed by atoms with Gasteiger partial charge in [-0.2, -0.15) is 0 Å². The predicted octanol–water partition coefficient (Wildman–Crippen LogP) is 3.37. The third kappa shape index (κ3) is 4.97. The summed E-state index contributed by atoms with van der Waals surface area (Å²) in [6.07, 6.45) is 0. The highest BCUT2D eigenvalue weighted by Crippen LogP contribution is 2.13. The molecule has 2 aromatic rings. The van der Waals surface area contributed by atoms with Crippen molar-refractivity contribution in [2.45, 2.75) is 12.7 Å². The fourth-order valence-corrected chi connectivity index (χ4v) is 2.54. The van der Waals surface area contributed by atoms with Gasteiger partial charge in [-0.15, -0.1) is 11.8 Å². The highest BCUT2D eigenvalue weighted by molar-refractivity contribution is 7.99. The molecule has 0 saturated heterocycles. The second-order valence-electron chi connectivity index (χ2n) is 4.52. The van der Waals surface area contributed by atoms with E-state index in [1.807, 2.05) is 36.4 Å². The van der Waals surface area contributed by atoms with E-state index in [-0.39, 0.29) is 5.91 Å². The lowest BCUT2D eigenvalue weighted by atomic mass is 10.2. The number of benzene rings is 2. The number of nitrogens with one attached hydrogen (secondary N) is 2. The Hall–Kier alpha value is -1.94. The van der Waals surface area contributed by atoms with Gasteiger partial charge in [0.25, 0.3) is 0 Å². The minimum absolute atomic E-state index is 0.0218. The number of aryl methyl sites for hydroxylation is 1. The Morgan fingerprint density at radius 3 is 2.65 bits per heavy atom. The number of carbonyl (C=O) groups is 1. The van der Waals surface area contributed by atoms with Crippen LogP contribution in [-0.4, -0.2) is 11.7 Å². The molecule has 0 aliphatic rings. The number of hydrazine groups is 1. The molecule has 0 fully saturated rings. The summed E-state index contributed by atoms with van der Waals surface area (Å²) in [6.45, 7) is 2.07. The lowest BCUT2D eigenvalue weighted by molar-refractivity contribution is -0.118. The first kappa shape index (κ1) is 14.5. The largest absolute Gasteiger partial charge is 0.299 e. The summed E-state index contributed by atoms with van der Waals surface area (Å²) < 4.78 is 0. The summed E-state index contributed by atoms with van der Waals surface area (Å²) in [7, 11) is 0. The lowest BCUT2D eigenvalue weighted by Crippen LogP contribution is -2.30. The van der Waals surface area contributed by atoms with E-state index in [0.717, 1.165) is 11.4 Å². The fourth-order valence-electron chi connectivity index (χ4n) is 1.76. The molecule has 3 nitrogen and oxygen atoms in total.